The molecule has 94 valence electrons. The molecular formula is C14H21BrN2. The van der Waals surface area contributed by atoms with Crippen LogP contribution in [-0.2, 0) is 6.54 Å². The fourth-order valence-corrected chi connectivity index (χ4v) is 2.57. The van der Waals surface area contributed by atoms with Crippen molar-refractivity contribution in [2.24, 2.45) is 5.92 Å². The van der Waals surface area contributed by atoms with Gasteiger partial charge in [0.25, 0.3) is 0 Å². The SMILES string of the molecule is CCCN(Cc1ccc(N)c(Br)c1)CC1CC1. The Hall–Kier alpha value is -0.540. The number of nitrogen functional groups attached to an aromatic ring is 1. The van der Waals surface area contributed by atoms with Gasteiger partial charge in [-0.25, -0.2) is 0 Å². The summed E-state index contributed by atoms with van der Waals surface area (Å²) in [5.74, 6) is 0.957. The van der Waals surface area contributed by atoms with Crippen molar-refractivity contribution in [2.75, 3.05) is 18.8 Å². The molecule has 0 heterocycles. The molecule has 2 N–H and O–H groups in total. The molecule has 0 spiro atoms. The van der Waals surface area contributed by atoms with Crippen molar-refractivity contribution in [1.82, 2.24) is 4.90 Å². The molecule has 2 rings (SSSR count). The van der Waals surface area contributed by atoms with Gasteiger partial charge in [0.1, 0.15) is 0 Å². The maximum Gasteiger partial charge on any atom is 0.0458 e. The molecule has 0 aromatic heterocycles. The number of hydrogen-bond acceptors (Lipinski definition) is 2. The Kier molecular flexibility index (Phi) is 4.46. The minimum absolute atomic E-state index is 0.818. The van der Waals surface area contributed by atoms with Crippen LogP contribution in [-0.4, -0.2) is 18.0 Å². The van der Waals surface area contributed by atoms with E-state index in [0.717, 1.165) is 22.6 Å². The highest BCUT2D eigenvalue weighted by Gasteiger charge is 2.23. The lowest BCUT2D eigenvalue weighted by Crippen LogP contribution is -2.26. The Labute approximate surface area is 112 Å². The van der Waals surface area contributed by atoms with Crippen molar-refractivity contribution < 1.29 is 0 Å². The van der Waals surface area contributed by atoms with E-state index >= 15 is 0 Å². The molecule has 17 heavy (non-hydrogen) atoms. The smallest absolute Gasteiger partial charge is 0.0458 e. The first kappa shape index (κ1) is 12.9. The third kappa shape index (κ3) is 4.00. The highest BCUT2D eigenvalue weighted by molar-refractivity contribution is 9.10. The second-order valence-corrected chi connectivity index (χ2v) is 5.89. The van der Waals surface area contributed by atoms with Gasteiger partial charge in [-0.05, 0) is 65.4 Å². The van der Waals surface area contributed by atoms with E-state index in [2.05, 4.69) is 39.9 Å². The van der Waals surface area contributed by atoms with Gasteiger partial charge in [-0.1, -0.05) is 13.0 Å². The standard InChI is InChI=1S/C14H21BrN2/c1-2-7-17(9-11-3-4-11)10-12-5-6-14(16)13(15)8-12/h5-6,8,11H,2-4,7,9-10,16H2,1H3. The molecule has 1 fully saturated rings. The summed E-state index contributed by atoms with van der Waals surface area (Å²) < 4.78 is 1.01. The minimum Gasteiger partial charge on any atom is -0.398 e. The number of rotatable bonds is 6. The summed E-state index contributed by atoms with van der Waals surface area (Å²) in [6, 6.07) is 6.27. The molecule has 3 heteroatoms. The Morgan fingerprint density at radius 1 is 1.41 bits per heavy atom. The van der Waals surface area contributed by atoms with Gasteiger partial charge in [0.15, 0.2) is 0 Å². The van der Waals surface area contributed by atoms with Gasteiger partial charge >= 0.3 is 0 Å². The zero-order valence-corrected chi connectivity index (χ0v) is 12.0. The van der Waals surface area contributed by atoms with Gasteiger partial charge in [-0.15, -0.1) is 0 Å². The van der Waals surface area contributed by atoms with Crippen molar-refractivity contribution >= 4 is 21.6 Å². The Morgan fingerprint density at radius 3 is 2.76 bits per heavy atom. The highest BCUT2D eigenvalue weighted by Crippen LogP contribution is 2.30. The van der Waals surface area contributed by atoms with Gasteiger partial charge in [0, 0.05) is 23.2 Å². The zero-order valence-electron chi connectivity index (χ0n) is 10.5. The predicted octanol–water partition coefficient (Wildman–Crippen LogP) is 3.65. The number of benzene rings is 1. The van der Waals surface area contributed by atoms with Crippen LogP contribution in [0.15, 0.2) is 22.7 Å². The van der Waals surface area contributed by atoms with Crippen LogP contribution in [0.2, 0.25) is 0 Å². The fourth-order valence-electron chi connectivity index (χ4n) is 2.14. The topological polar surface area (TPSA) is 29.3 Å². The highest BCUT2D eigenvalue weighted by atomic mass is 79.9. The van der Waals surface area contributed by atoms with Crippen molar-refractivity contribution in [1.29, 1.82) is 0 Å². The lowest BCUT2D eigenvalue weighted by molar-refractivity contribution is 0.255. The molecule has 0 radical (unpaired) electrons. The molecule has 0 amide bonds. The Morgan fingerprint density at radius 2 is 2.18 bits per heavy atom. The van der Waals surface area contributed by atoms with E-state index in [1.807, 2.05) is 6.07 Å². The van der Waals surface area contributed by atoms with Gasteiger partial charge in [0.05, 0.1) is 0 Å². The molecule has 0 aliphatic heterocycles. The van der Waals surface area contributed by atoms with E-state index in [1.165, 1.54) is 37.9 Å². The van der Waals surface area contributed by atoms with Gasteiger partial charge in [0.2, 0.25) is 0 Å². The number of nitrogens with zero attached hydrogens (tertiary/aromatic N) is 1. The van der Waals surface area contributed by atoms with Gasteiger partial charge in [-0.3, -0.25) is 4.90 Å². The van der Waals surface area contributed by atoms with E-state index in [0.29, 0.717) is 0 Å². The molecule has 0 bridgehead atoms. The molecule has 1 aromatic carbocycles. The van der Waals surface area contributed by atoms with Crippen LogP contribution in [0.3, 0.4) is 0 Å². The molecule has 0 atom stereocenters. The van der Waals surface area contributed by atoms with Crippen molar-refractivity contribution in [3.05, 3.63) is 28.2 Å². The largest absolute Gasteiger partial charge is 0.398 e. The third-order valence-electron chi connectivity index (χ3n) is 3.22. The summed E-state index contributed by atoms with van der Waals surface area (Å²) in [7, 11) is 0. The van der Waals surface area contributed by atoms with E-state index < -0.39 is 0 Å². The van der Waals surface area contributed by atoms with Gasteiger partial charge in [-0.2, -0.15) is 0 Å². The second kappa shape index (κ2) is 5.87. The average molecular weight is 297 g/mol. The summed E-state index contributed by atoms with van der Waals surface area (Å²) in [5, 5.41) is 0. The van der Waals surface area contributed by atoms with Crippen LogP contribution in [0.4, 0.5) is 5.69 Å². The molecule has 2 nitrogen and oxygen atoms in total. The molecule has 1 aromatic rings. The van der Waals surface area contributed by atoms with Crippen LogP contribution in [0.1, 0.15) is 31.7 Å². The summed E-state index contributed by atoms with van der Waals surface area (Å²) in [6.07, 6.45) is 4.07. The number of nitrogens with two attached hydrogens (primary N) is 1. The van der Waals surface area contributed by atoms with Crippen molar-refractivity contribution in [3.8, 4) is 0 Å². The number of halogens is 1. The first-order valence-electron chi connectivity index (χ1n) is 6.45. The maximum atomic E-state index is 5.81. The van der Waals surface area contributed by atoms with E-state index in [-0.39, 0.29) is 0 Å². The first-order chi connectivity index (χ1) is 8.19. The van der Waals surface area contributed by atoms with Crippen LogP contribution in [0.5, 0.6) is 0 Å². The third-order valence-corrected chi connectivity index (χ3v) is 3.91. The van der Waals surface area contributed by atoms with Crippen LogP contribution < -0.4 is 5.73 Å². The van der Waals surface area contributed by atoms with Crippen molar-refractivity contribution in [2.45, 2.75) is 32.7 Å². The minimum atomic E-state index is 0.818. The molecule has 1 aliphatic carbocycles. The fraction of sp³-hybridized carbons (Fsp3) is 0.571. The summed E-state index contributed by atoms with van der Waals surface area (Å²) in [6.45, 7) is 5.75. The lowest BCUT2D eigenvalue weighted by atomic mass is 10.2. The molecule has 1 aliphatic rings. The van der Waals surface area contributed by atoms with Crippen LogP contribution >= 0.6 is 15.9 Å². The van der Waals surface area contributed by atoms with Crippen molar-refractivity contribution in [3.63, 3.8) is 0 Å². The first-order valence-corrected chi connectivity index (χ1v) is 7.24. The quantitative estimate of drug-likeness (QED) is 0.812. The molecule has 1 saturated carbocycles. The Bertz CT molecular complexity index is 374. The summed E-state index contributed by atoms with van der Waals surface area (Å²) in [5.41, 5.74) is 7.97. The molecule has 0 saturated heterocycles. The zero-order chi connectivity index (χ0) is 12.3. The van der Waals surface area contributed by atoms with E-state index in [4.69, 9.17) is 5.73 Å². The Balaban J connectivity index is 1.97. The van der Waals surface area contributed by atoms with Crippen LogP contribution in [0, 0.1) is 5.92 Å². The lowest BCUT2D eigenvalue weighted by Gasteiger charge is -2.21. The maximum absolute atomic E-state index is 5.81. The van der Waals surface area contributed by atoms with Gasteiger partial charge < -0.3 is 5.73 Å². The average Bonchev–Trinajstić information content (AvgIpc) is 3.08. The van der Waals surface area contributed by atoms with Crippen LogP contribution in [0.25, 0.3) is 0 Å². The van der Waals surface area contributed by atoms with E-state index in [1.54, 1.807) is 0 Å². The number of hydrogen-bond donors (Lipinski definition) is 1. The van der Waals surface area contributed by atoms with E-state index in [9.17, 15) is 0 Å². The molecular weight excluding hydrogens is 276 g/mol. The summed E-state index contributed by atoms with van der Waals surface area (Å²) >= 11 is 3.49. The second-order valence-electron chi connectivity index (χ2n) is 5.03. The summed E-state index contributed by atoms with van der Waals surface area (Å²) in [4.78, 5) is 2.57. The molecule has 0 unspecified atom stereocenters. The number of anilines is 1. The predicted molar refractivity (Wildman–Crippen MR) is 76.8 cm³/mol. The normalized spacial score (nSPS) is 15.5. The monoisotopic (exact) mass is 296 g/mol.